The lowest BCUT2D eigenvalue weighted by Gasteiger charge is -2.35. The van der Waals surface area contributed by atoms with E-state index in [4.69, 9.17) is 4.98 Å². The highest BCUT2D eigenvalue weighted by Crippen LogP contribution is 2.28. The maximum absolute atomic E-state index is 13.7. The molecule has 1 aliphatic heterocycles. The Morgan fingerprint density at radius 3 is 2.28 bits per heavy atom. The number of fused-ring (bicyclic) bond motifs is 1. The Kier molecular flexibility index (Phi) is 5.45. The number of aromatic nitrogens is 3. The van der Waals surface area contributed by atoms with Gasteiger partial charge in [0.1, 0.15) is 0 Å². The van der Waals surface area contributed by atoms with E-state index in [-0.39, 0.29) is 5.91 Å². The zero-order valence-corrected chi connectivity index (χ0v) is 18.5. The molecule has 3 heterocycles. The number of benzene rings is 2. The zero-order chi connectivity index (χ0) is 22.1. The average molecular weight is 426 g/mol. The third-order valence-corrected chi connectivity index (χ3v) is 6.18. The van der Waals surface area contributed by atoms with Crippen LogP contribution in [-0.2, 0) is 13.6 Å². The molecule has 0 atom stereocenters. The Balaban J connectivity index is 1.42. The minimum absolute atomic E-state index is 0.0602. The van der Waals surface area contributed by atoms with Crippen LogP contribution in [0, 0.1) is 6.92 Å². The van der Waals surface area contributed by atoms with Crippen LogP contribution in [0.4, 0.5) is 0 Å². The van der Waals surface area contributed by atoms with Gasteiger partial charge in [-0.25, -0.2) is 4.98 Å². The molecule has 32 heavy (non-hydrogen) atoms. The van der Waals surface area contributed by atoms with Crippen LogP contribution in [-0.4, -0.2) is 56.7 Å². The lowest BCUT2D eigenvalue weighted by Crippen LogP contribution is -2.48. The van der Waals surface area contributed by atoms with Gasteiger partial charge in [0.25, 0.3) is 5.91 Å². The summed E-state index contributed by atoms with van der Waals surface area (Å²) in [4.78, 5) is 22.9. The van der Waals surface area contributed by atoms with Crippen molar-refractivity contribution in [1.82, 2.24) is 24.6 Å². The first-order chi connectivity index (χ1) is 15.6. The second-order valence-electron chi connectivity index (χ2n) is 8.38. The summed E-state index contributed by atoms with van der Waals surface area (Å²) in [7, 11) is 1.88. The summed E-state index contributed by atoms with van der Waals surface area (Å²) in [5.41, 5.74) is 5.37. The van der Waals surface area contributed by atoms with Crippen LogP contribution < -0.4 is 0 Å². The second kappa shape index (κ2) is 8.55. The van der Waals surface area contributed by atoms with E-state index >= 15 is 0 Å². The minimum Gasteiger partial charge on any atom is -0.336 e. The van der Waals surface area contributed by atoms with E-state index in [0.717, 1.165) is 60.7 Å². The van der Waals surface area contributed by atoms with Crippen molar-refractivity contribution >= 4 is 16.9 Å². The van der Waals surface area contributed by atoms with Gasteiger partial charge in [0.15, 0.2) is 5.65 Å². The Hall–Kier alpha value is -3.51. The monoisotopic (exact) mass is 425 g/mol. The molecule has 0 bridgehead atoms. The number of nitrogens with zero attached hydrogens (tertiary/aromatic N) is 5. The SMILES string of the molecule is Cc1nn(C)c2nc(-c3ccccc3)cc(C(=O)N3CCN(Cc4ccccc4)CC3)c12. The van der Waals surface area contributed by atoms with Crippen molar-refractivity contribution in [2.75, 3.05) is 26.2 Å². The van der Waals surface area contributed by atoms with Crippen LogP contribution in [0.1, 0.15) is 21.6 Å². The maximum Gasteiger partial charge on any atom is 0.254 e. The van der Waals surface area contributed by atoms with Crippen LogP contribution in [0.2, 0.25) is 0 Å². The molecule has 0 N–H and O–H groups in total. The first-order valence-corrected chi connectivity index (χ1v) is 11.1. The summed E-state index contributed by atoms with van der Waals surface area (Å²) < 4.78 is 1.77. The molecule has 1 saturated heterocycles. The Morgan fingerprint density at radius 2 is 1.59 bits per heavy atom. The van der Waals surface area contributed by atoms with Gasteiger partial charge < -0.3 is 4.90 Å². The predicted molar refractivity (Wildman–Crippen MR) is 126 cm³/mol. The Morgan fingerprint density at radius 1 is 0.938 bits per heavy atom. The lowest BCUT2D eigenvalue weighted by atomic mass is 10.0. The number of piperazine rings is 1. The smallest absolute Gasteiger partial charge is 0.254 e. The normalized spacial score (nSPS) is 14.8. The van der Waals surface area contributed by atoms with Gasteiger partial charge in [0.05, 0.1) is 22.3 Å². The Bertz CT molecular complexity index is 1240. The van der Waals surface area contributed by atoms with Crippen molar-refractivity contribution in [3.8, 4) is 11.3 Å². The number of hydrogen-bond donors (Lipinski definition) is 0. The van der Waals surface area contributed by atoms with Gasteiger partial charge >= 0.3 is 0 Å². The summed E-state index contributed by atoms with van der Waals surface area (Å²) in [5, 5.41) is 5.40. The molecule has 0 spiro atoms. The molecule has 1 aliphatic rings. The van der Waals surface area contributed by atoms with Gasteiger partial charge in [-0.1, -0.05) is 60.7 Å². The van der Waals surface area contributed by atoms with Crippen molar-refractivity contribution in [1.29, 1.82) is 0 Å². The molecule has 6 nitrogen and oxygen atoms in total. The van der Waals surface area contributed by atoms with E-state index in [0.29, 0.717) is 5.56 Å². The van der Waals surface area contributed by atoms with Crippen molar-refractivity contribution in [2.24, 2.45) is 7.05 Å². The molecule has 1 fully saturated rings. The highest BCUT2D eigenvalue weighted by Gasteiger charge is 2.26. The van der Waals surface area contributed by atoms with Crippen molar-refractivity contribution in [3.05, 3.63) is 83.6 Å². The number of amides is 1. The van der Waals surface area contributed by atoms with Crippen LogP contribution in [0.25, 0.3) is 22.3 Å². The maximum atomic E-state index is 13.7. The zero-order valence-electron chi connectivity index (χ0n) is 18.5. The van der Waals surface area contributed by atoms with Gasteiger partial charge in [0.2, 0.25) is 0 Å². The van der Waals surface area contributed by atoms with Crippen LogP contribution in [0.5, 0.6) is 0 Å². The molecule has 0 aliphatic carbocycles. The van der Waals surface area contributed by atoms with E-state index in [2.05, 4.69) is 34.3 Å². The molecule has 0 saturated carbocycles. The molecule has 5 rings (SSSR count). The van der Waals surface area contributed by atoms with Gasteiger partial charge in [-0.2, -0.15) is 5.10 Å². The number of carbonyl (C=O) groups excluding carboxylic acids is 1. The predicted octanol–water partition coefficient (Wildman–Crippen LogP) is 3.90. The summed E-state index contributed by atoms with van der Waals surface area (Å²) in [6.07, 6.45) is 0. The summed E-state index contributed by atoms with van der Waals surface area (Å²) in [6.45, 7) is 6.03. The number of pyridine rings is 1. The Labute approximate surface area is 188 Å². The summed E-state index contributed by atoms with van der Waals surface area (Å²) >= 11 is 0. The van der Waals surface area contributed by atoms with Crippen molar-refractivity contribution in [3.63, 3.8) is 0 Å². The third kappa shape index (κ3) is 3.89. The van der Waals surface area contributed by atoms with Gasteiger partial charge in [-0.05, 0) is 18.6 Å². The van der Waals surface area contributed by atoms with Gasteiger partial charge in [0, 0.05) is 45.3 Å². The molecule has 4 aromatic rings. The first kappa shape index (κ1) is 20.4. The topological polar surface area (TPSA) is 54.3 Å². The number of hydrogen-bond acceptors (Lipinski definition) is 4. The molecular formula is C26H27N5O. The van der Waals surface area contributed by atoms with E-state index in [1.165, 1.54) is 5.56 Å². The van der Waals surface area contributed by atoms with Crippen LogP contribution in [0.15, 0.2) is 66.7 Å². The van der Waals surface area contributed by atoms with Crippen LogP contribution >= 0.6 is 0 Å². The molecule has 6 heteroatoms. The van der Waals surface area contributed by atoms with E-state index in [1.54, 1.807) is 4.68 Å². The third-order valence-electron chi connectivity index (χ3n) is 6.18. The molecule has 2 aromatic heterocycles. The summed E-state index contributed by atoms with van der Waals surface area (Å²) in [6, 6.07) is 22.4. The average Bonchev–Trinajstić information content (AvgIpc) is 3.13. The fraction of sp³-hybridized carbons (Fsp3) is 0.269. The number of carbonyl (C=O) groups is 1. The molecule has 1 amide bonds. The van der Waals surface area contributed by atoms with Crippen molar-refractivity contribution in [2.45, 2.75) is 13.5 Å². The van der Waals surface area contributed by atoms with Gasteiger partial charge in [-0.3, -0.25) is 14.4 Å². The highest BCUT2D eigenvalue weighted by molar-refractivity contribution is 6.07. The lowest BCUT2D eigenvalue weighted by molar-refractivity contribution is 0.0630. The molecule has 2 aromatic carbocycles. The van der Waals surface area contributed by atoms with E-state index in [9.17, 15) is 4.79 Å². The van der Waals surface area contributed by atoms with E-state index in [1.807, 2.05) is 61.3 Å². The second-order valence-corrected chi connectivity index (χ2v) is 8.38. The minimum atomic E-state index is 0.0602. The first-order valence-electron chi connectivity index (χ1n) is 11.1. The number of aryl methyl sites for hydroxylation is 2. The molecule has 162 valence electrons. The van der Waals surface area contributed by atoms with E-state index < -0.39 is 0 Å². The quantitative estimate of drug-likeness (QED) is 0.498. The summed E-state index contributed by atoms with van der Waals surface area (Å²) in [5.74, 6) is 0.0602. The standard InChI is InChI=1S/C26H27N5O/c1-19-24-22(17-23(21-11-7-4-8-12-21)27-25(24)29(2)28-19)26(32)31-15-13-30(14-16-31)18-20-9-5-3-6-10-20/h3-12,17H,13-16,18H2,1-2H3. The number of rotatable bonds is 4. The molecule has 0 unspecified atom stereocenters. The molecule has 0 radical (unpaired) electrons. The molecular weight excluding hydrogens is 398 g/mol. The van der Waals surface area contributed by atoms with Gasteiger partial charge in [-0.15, -0.1) is 0 Å². The fourth-order valence-electron chi connectivity index (χ4n) is 4.49. The van der Waals surface area contributed by atoms with Crippen LogP contribution in [0.3, 0.4) is 0 Å². The van der Waals surface area contributed by atoms with Crippen molar-refractivity contribution < 1.29 is 4.79 Å². The highest BCUT2D eigenvalue weighted by atomic mass is 16.2. The largest absolute Gasteiger partial charge is 0.336 e. The fourth-order valence-corrected chi connectivity index (χ4v) is 4.49.